The molecule has 0 N–H and O–H groups in total. The van der Waals surface area contributed by atoms with Crippen LogP contribution >= 0.6 is 68.1 Å². The molecule has 2 heterocycles. The molecule has 0 saturated heterocycles. The van der Waals surface area contributed by atoms with E-state index in [2.05, 4.69) is 45.2 Å². The molecule has 41 heavy (non-hydrogen) atoms. The lowest BCUT2D eigenvalue weighted by Gasteiger charge is -2.26. The first-order valence-corrected chi connectivity index (χ1v) is 16.2. The van der Waals surface area contributed by atoms with Gasteiger partial charge in [-0.15, -0.1) is 0 Å². The predicted molar refractivity (Wildman–Crippen MR) is 180 cm³/mol. The summed E-state index contributed by atoms with van der Waals surface area (Å²) in [5, 5.41) is 0.553. The molecule has 6 nitrogen and oxygen atoms in total. The normalized spacial score (nSPS) is 15.1. The van der Waals surface area contributed by atoms with Gasteiger partial charge in [-0.05, 0) is 102 Å². The number of carbonyl (C=O) groups excluding carboxylic acids is 1. The van der Waals surface area contributed by atoms with Gasteiger partial charge in [0, 0.05) is 19.7 Å². The second-order valence-electron chi connectivity index (χ2n) is 9.46. The number of hydrogen-bond donors (Lipinski definition) is 0. The Kier molecular flexibility index (Phi) is 9.37. The molecule has 1 aliphatic rings. The molecule has 0 fully saturated rings. The van der Waals surface area contributed by atoms with Crippen molar-refractivity contribution in [2.45, 2.75) is 32.9 Å². The number of carbonyl (C=O) groups is 1. The van der Waals surface area contributed by atoms with E-state index in [0.29, 0.717) is 25.6 Å². The number of benzene rings is 3. The molecule has 10 heteroatoms. The number of thiazole rings is 1. The van der Waals surface area contributed by atoms with Crippen LogP contribution in [0.1, 0.15) is 43.5 Å². The first-order valence-electron chi connectivity index (χ1n) is 12.9. The standard InChI is InChI=1S/C31H25ClI2N2O4S/c1-4-39-30(38)25-26(18-8-6-5-7-9-18)35-31-36(27(25)19-10-12-21(32)13-11-19)29(37)24(41-31)15-20-14-22(33)16-23(34)28(20)40-17(2)3/h5-17,27H,4H2,1-3H3/b24-15-/t27-/m1/s1. The highest BCUT2D eigenvalue weighted by Gasteiger charge is 2.35. The molecule has 0 radical (unpaired) electrons. The van der Waals surface area contributed by atoms with Crippen molar-refractivity contribution in [3.05, 3.63) is 121 Å². The van der Waals surface area contributed by atoms with E-state index >= 15 is 0 Å². The van der Waals surface area contributed by atoms with Crippen molar-refractivity contribution in [2.75, 3.05) is 6.61 Å². The number of hydrogen-bond acceptors (Lipinski definition) is 6. The van der Waals surface area contributed by atoms with Crippen LogP contribution in [-0.2, 0) is 9.53 Å². The lowest BCUT2D eigenvalue weighted by Crippen LogP contribution is -2.40. The zero-order valence-electron chi connectivity index (χ0n) is 22.4. The van der Waals surface area contributed by atoms with Crippen LogP contribution in [0, 0.1) is 7.14 Å². The van der Waals surface area contributed by atoms with Crippen molar-refractivity contribution in [1.29, 1.82) is 0 Å². The van der Waals surface area contributed by atoms with Crippen molar-refractivity contribution < 1.29 is 14.3 Å². The van der Waals surface area contributed by atoms with E-state index in [-0.39, 0.29) is 18.3 Å². The van der Waals surface area contributed by atoms with Crippen molar-refractivity contribution in [2.24, 2.45) is 4.99 Å². The zero-order valence-corrected chi connectivity index (χ0v) is 28.2. The molecule has 5 rings (SSSR count). The summed E-state index contributed by atoms with van der Waals surface area (Å²) in [7, 11) is 0. The van der Waals surface area contributed by atoms with Gasteiger partial charge in [0.05, 0.1) is 38.1 Å². The van der Waals surface area contributed by atoms with Gasteiger partial charge in [0.1, 0.15) is 5.75 Å². The highest BCUT2D eigenvalue weighted by Crippen LogP contribution is 2.36. The Balaban J connectivity index is 1.83. The summed E-state index contributed by atoms with van der Waals surface area (Å²) >= 11 is 12.0. The maximum Gasteiger partial charge on any atom is 0.338 e. The van der Waals surface area contributed by atoms with Crippen molar-refractivity contribution in [3.63, 3.8) is 0 Å². The van der Waals surface area contributed by atoms with Gasteiger partial charge >= 0.3 is 5.97 Å². The minimum absolute atomic E-state index is 0.0394. The van der Waals surface area contributed by atoms with Gasteiger partial charge in [-0.2, -0.15) is 0 Å². The third-order valence-corrected chi connectivity index (χ3v) is 8.90. The Morgan fingerprint density at radius 3 is 2.49 bits per heavy atom. The molecule has 210 valence electrons. The maximum absolute atomic E-state index is 14.2. The third kappa shape index (κ3) is 6.32. The van der Waals surface area contributed by atoms with Gasteiger partial charge in [-0.3, -0.25) is 9.36 Å². The predicted octanol–water partition coefficient (Wildman–Crippen LogP) is 6.59. The number of fused-ring (bicyclic) bond motifs is 1. The van der Waals surface area contributed by atoms with Crippen LogP contribution in [0.3, 0.4) is 0 Å². The number of rotatable bonds is 7. The Morgan fingerprint density at radius 2 is 1.83 bits per heavy atom. The topological polar surface area (TPSA) is 69.9 Å². The van der Waals surface area contributed by atoms with Gasteiger partial charge in [-0.1, -0.05) is 65.4 Å². The summed E-state index contributed by atoms with van der Waals surface area (Å²) in [6.07, 6.45) is 1.81. The van der Waals surface area contributed by atoms with Crippen molar-refractivity contribution >= 4 is 85.9 Å². The maximum atomic E-state index is 14.2. The van der Waals surface area contributed by atoms with Crippen molar-refractivity contribution in [3.8, 4) is 5.75 Å². The first-order chi connectivity index (χ1) is 19.7. The van der Waals surface area contributed by atoms with Crippen LogP contribution in [0.5, 0.6) is 5.75 Å². The number of nitrogens with zero attached hydrogens (tertiary/aromatic N) is 2. The minimum atomic E-state index is -0.762. The SMILES string of the molecule is CCOC(=O)C1=C(c2ccccc2)N=c2s/c(=C\c3cc(I)cc(I)c3OC(C)C)c(=O)n2[C@@H]1c1ccc(Cl)cc1. The van der Waals surface area contributed by atoms with E-state index < -0.39 is 12.0 Å². The zero-order chi connectivity index (χ0) is 29.3. The molecule has 3 aromatic carbocycles. The molecule has 0 saturated carbocycles. The van der Waals surface area contributed by atoms with Crippen LogP contribution < -0.4 is 19.6 Å². The van der Waals surface area contributed by atoms with E-state index in [1.165, 1.54) is 11.3 Å². The second-order valence-corrected chi connectivity index (χ2v) is 13.3. The quantitative estimate of drug-likeness (QED) is 0.156. The molecular formula is C31H25ClI2N2O4S. The average Bonchev–Trinajstić information content (AvgIpc) is 3.25. The van der Waals surface area contributed by atoms with Crippen LogP contribution in [-0.4, -0.2) is 23.2 Å². The summed E-state index contributed by atoms with van der Waals surface area (Å²) in [6.45, 7) is 5.89. The molecule has 1 aliphatic heterocycles. The van der Waals surface area contributed by atoms with E-state index in [1.807, 2.05) is 74.5 Å². The molecule has 0 amide bonds. The summed E-state index contributed by atoms with van der Waals surface area (Å²) in [5.74, 6) is 0.197. The average molecular weight is 811 g/mol. The highest BCUT2D eigenvalue weighted by molar-refractivity contribution is 14.1. The van der Waals surface area contributed by atoms with Gasteiger partial charge in [0.25, 0.3) is 5.56 Å². The fraction of sp³-hybridized carbons (Fsp3) is 0.194. The third-order valence-electron chi connectivity index (χ3n) is 6.24. The molecule has 0 spiro atoms. The largest absolute Gasteiger partial charge is 0.489 e. The summed E-state index contributed by atoms with van der Waals surface area (Å²) in [5.41, 5.74) is 2.80. The smallest absolute Gasteiger partial charge is 0.338 e. The second kappa shape index (κ2) is 12.8. The first kappa shape index (κ1) is 30.0. The molecular weight excluding hydrogens is 786 g/mol. The number of halogens is 3. The van der Waals surface area contributed by atoms with Crippen LogP contribution in [0.4, 0.5) is 0 Å². The summed E-state index contributed by atoms with van der Waals surface area (Å²) < 4.78 is 15.7. The molecule has 1 aromatic heterocycles. The van der Waals surface area contributed by atoms with Gasteiger partial charge in [-0.25, -0.2) is 9.79 Å². The lowest BCUT2D eigenvalue weighted by atomic mass is 9.93. The van der Waals surface area contributed by atoms with Crippen molar-refractivity contribution in [1.82, 2.24) is 4.57 Å². The molecule has 4 aromatic rings. The number of ether oxygens (including phenoxy) is 2. The van der Waals surface area contributed by atoms with E-state index in [4.69, 9.17) is 26.1 Å². The van der Waals surface area contributed by atoms with Crippen LogP contribution in [0.25, 0.3) is 11.8 Å². The monoisotopic (exact) mass is 810 g/mol. The highest BCUT2D eigenvalue weighted by atomic mass is 127. The Bertz CT molecular complexity index is 1830. The number of esters is 1. The van der Waals surface area contributed by atoms with Gasteiger partial charge in [0.15, 0.2) is 4.80 Å². The molecule has 1 atom stereocenters. The molecule has 0 bridgehead atoms. The fourth-order valence-electron chi connectivity index (χ4n) is 4.59. The molecule has 0 unspecified atom stereocenters. The minimum Gasteiger partial charge on any atom is -0.489 e. The lowest BCUT2D eigenvalue weighted by molar-refractivity contribution is -0.138. The Morgan fingerprint density at radius 1 is 1.12 bits per heavy atom. The summed E-state index contributed by atoms with van der Waals surface area (Å²) in [6, 6.07) is 19.9. The molecule has 0 aliphatic carbocycles. The fourth-order valence-corrected chi connectivity index (χ4v) is 7.72. The summed E-state index contributed by atoms with van der Waals surface area (Å²) in [4.78, 5) is 33.1. The van der Waals surface area contributed by atoms with E-state index in [1.54, 1.807) is 23.6 Å². The van der Waals surface area contributed by atoms with Gasteiger partial charge in [0.2, 0.25) is 0 Å². The van der Waals surface area contributed by atoms with E-state index in [9.17, 15) is 9.59 Å². The number of aromatic nitrogens is 1. The van der Waals surface area contributed by atoms with Crippen LogP contribution in [0.15, 0.2) is 82.1 Å². The Hall–Kier alpha value is -2.48. The van der Waals surface area contributed by atoms with Crippen LogP contribution in [0.2, 0.25) is 5.02 Å². The van der Waals surface area contributed by atoms with E-state index in [0.717, 1.165) is 29.6 Å². The van der Waals surface area contributed by atoms with Gasteiger partial charge < -0.3 is 9.47 Å². The Labute approximate surface area is 273 Å².